The van der Waals surface area contributed by atoms with Crippen molar-refractivity contribution in [3.63, 3.8) is 0 Å². The van der Waals surface area contributed by atoms with Gasteiger partial charge in [-0.3, -0.25) is 0 Å². The first kappa shape index (κ1) is 23.8. The standard InChI is InChI=1S/C26H37NO4/c1-3-4-8-18(2)22(29)13-12-20-23(30)17-24-25(20)21-11-7-10-19(26(21)31-24)9-5-6-14-27-15-16-28/h7,10-13,18,20,22-25,27-30H,5-6,8-9,14-17H2,1-2H3/t18-,20-,22+,23+,24-,25-/m0/s1. The molecular weight excluding hydrogens is 390 g/mol. The van der Waals surface area contributed by atoms with Crippen LogP contribution in [0.4, 0.5) is 0 Å². The van der Waals surface area contributed by atoms with E-state index in [1.807, 2.05) is 26.0 Å². The zero-order chi connectivity index (χ0) is 22.2. The van der Waals surface area contributed by atoms with Crippen molar-refractivity contribution in [1.82, 2.24) is 5.32 Å². The monoisotopic (exact) mass is 427 g/mol. The quantitative estimate of drug-likeness (QED) is 0.248. The van der Waals surface area contributed by atoms with Crippen molar-refractivity contribution in [2.45, 2.75) is 70.2 Å². The molecule has 0 unspecified atom stereocenters. The van der Waals surface area contributed by atoms with Crippen LogP contribution in [0.3, 0.4) is 0 Å². The Labute approximate surface area is 186 Å². The Balaban J connectivity index is 1.65. The summed E-state index contributed by atoms with van der Waals surface area (Å²) in [6, 6.07) is 6.36. The molecule has 170 valence electrons. The molecule has 1 aliphatic carbocycles. The van der Waals surface area contributed by atoms with Crippen LogP contribution in [-0.4, -0.2) is 53.3 Å². The molecule has 31 heavy (non-hydrogen) atoms. The third-order valence-corrected chi connectivity index (χ3v) is 6.54. The van der Waals surface area contributed by atoms with Crippen LogP contribution >= 0.6 is 0 Å². The molecule has 0 radical (unpaired) electrons. The molecule has 6 atom stereocenters. The van der Waals surface area contributed by atoms with E-state index < -0.39 is 12.2 Å². The number of nitrogens with one attached hydrogen (secondary N) is 1. The van der Waals surface area contributed by atoms with Gasteiger partial charge in [-0.05, 0) is 44.2 Å². The van der Waals surface area contributed by atoms with Crippen molar-refractivity contribution in [1.29, 1.82) is 0 Å². The molecule has 1 fully saturated rings. The van der Waals surface area contributed by atoms with E-state index in [2.05, 4.69) is 35.4 Å². The second kappa shape index (κ2) is 11.7. The second-order valence-corrected chi connectivity index (χ2v) is 8.81. The highest BCUT2D eigenvalue weighted by Gasteiger charge is 2.48. The van der Waals surface area contributed by atoms with Gasteiger partial charge in [-0.25, -0.2) is 0 Å². The average Bonchev–Trinajstić information content (AvgIpc) is 3.27. The minimum absolute atomic E-state index is 0.00690. The molecule has 0 amide bonds. The molecule has 4 N–H and O–H groups in total. The molecule has 1 heterocycles. The fraction of sp³-hybridized carbons (Fsp3) is 0.615. The number of hydrogen-bond donors (Lipinski definition) is 4. The molecule has 3 rings (SSSR count). The topological polar surface area (TPSA) is 82.0 Å². The number of ether oxygens (including phenoxy) is 1. The maximum absolute atomic E-state index is 10.7. The van der Waals surface area contributed by atoms with Crippen LogP contribution in [0.5, 0.6) is 5.75 Å². The summed E-state index contributed by atoms with van der Waals surface area (Å²) in [7, 11) is 0. The molecule has 1 aromatic carbocycles. The summed E-state index contributed by atoms with van der Waals surface area (Å²) < 4.78 is 6.34. The lowest BCUT2D eigenvalue weighted by Gasteiger charge is -2.19. The van der Waals surface area contributed by atoms with E-state index >= 15 is 0 Å². The van der Waals surface area contributed by atoms with Crippen molar-refractivity contribution in [2.24, 2.45) is 11.8 Å². The number of para-hydroxylation sites is 1. The zero-order valence-electron chi connectivity index (χ0n) is 18.8. The fourth-order valence-electron chi connectivity index (χ4n) is 4.75. The molecule has 1 aromatic rings. The number of hydrogen-bond acceptors (Lipinski definition) is 5. The Kier molecular flexibility index (Phi) is 8.98. The molecule has 5 nitrogen and oxygen atoms in total. The first-order valence-corrected chi connectivity index (χ1v) is 11.6. The van der Waals surface area contributed by atoms with Crippen molar-refractivity contribution < 1.29 is 20.1 Å². The summed E-state index contributed by atoms with van der Waals surface area (Å²) in [6.45, 7) is 5.53. The van der Waals surface area contributed by atoms with Crippen molar-refractivity contribution in [3.8, 4) is 17.6 Å². The SMILES string of the molecule is CC#CC[C@H](C)[C@H](O)C=C[C@@H]1[C@H]2c3cccc(CCCCNCCO)c3O[C@H]2C[C@H]1O. The van der Waals surface area contributed by atoms with Crippen molar-refractivity contribution in [3.05, 3.63) is 41.5 Å². The average molecular weight is 428 g/mol. The highest BCUT2D eigenvalue weighted by atomic mass is 16.5. The van der Waals surface area contributed by atoms with E-state index in [0.29, 0.717) is 19.4 Å². The fourth-order valence-corrected chi connectivity index (χ4v) is 4.75. The number of benzene rings is 1. The molecule has 0 saturated heterocycles. The number of unbranched alkanes of at least 4 members (excludes halogenated alkanes) is 1. The number of rotatable bonds is 11. The van der Waals surface area contributed by atoms with Gasteiger partial charge in [-0.2, -0.15) is 0 Å². The van der Waals surface area contributed by atoms with Crippen LogP contribution < -0.4 is 10.1 Å². The summed E-state index contributed by atoms with van der Waals surface area (Å²) in [5, 5.41) is 33.2. The van der Waals surface area contributed by atoms with Gasteiger partial charge in [0.15, 0.2) is 0 Å². The van der Waals surface area contributed by atoms with Gasteiger partial charge >= 0.3 is 0 Å². The maximum Gasteiger partial charge on any atom is 0.126 e. The van der Waals surface area contributed by atoms with Crippen LogP contribution in [-0.2, 0) is 6.42 Å². The van der Waals surface area contributed by atoms with Crippen LogP contribution in [0, 0.1) is 23.7 Å². The van der Waals surface area contributed by atoms with Gasteiger partial charge in [0.25, 0.3) is 0 Å². The van der Waals surface area contributed by atoms with Crippen molar-refractivity contribution >= 4 is 0 Å². The van der Waals surface area contributed by atoms with Crippen LogP contribution in [0.1, 0.15) is 56.6 Å². The number of fused-ring (bicyclic) bond motifs is 3. The number of aryl methyl sites for hydroxylation is 1. The number of aliphatic hydroxyl groups excluding tert-OH is 3. The largest absolute Gasteiger partial charge is 0.489 e. The Hall–Kier alpha value is -1.84. The Morgan fingerprint density at radius 2 is 2.13 bits per heavy atom. The van der Waals surface area contributed by atoms with Gasteiger partial charge in [0, 0.05) is 36.8 Å². The highest BCUT2D eigenvalue weighted by Crippen LogP contribution is 2.52. The Bertz CT molecular complexity index is 796. The van der Waals surface area contributed by atoms with E-state index in [-0.39, 0.29) is 30.5 Å². The molecule has 1 aliphatic heterocycles. The molecule has 0 bridgehead atoms. The second-order valence-electron chi connectivity index (χ2n) is 8.81. The molecule has 1 saturated carbocycles. The summed E-state index contributed by atoms with van der Waals surface area (Å²) in [5.74, 6) is 7.04. The van der Waals surface area contributed by atoms with Crippen molar-refractivity contribution in [2.75, 3.05) is 19.7 Å². The maximum atomic E-state index is 10.7. The van der Waals surface area contributed by atoms with Crippen LogP contribution in [0.15, 0.2) is 30.4 Å². The predicted octanol–water partition coefficient (Wildman–Crippen LogP) is 2.78. The van der Waals surface area contributed by atoms with Crippen LogP contribution in [0.2, 0.25) is 0 Å². The molecular formula is C26H37NO4. The van der Waals surface area contributed by atoms with E-state index in [9.17, 15) is 10.2 Å². The first-order valence-electron chi connectivity index (χ1n) is 11.6. The van der Waals surface area contributed by atoms with Gasteiger partial charge in [-0.15, -0.1) is 11.8 Å². The van der Waals surface area contributed by atoms with E-state index in [4.69, 9.17) is 9.84 Å². The normalized spacial score (nSPS) is 26.1. The lowest BCUT2D eigenvalue weighted by molar-refractivity contribution is 0.134. The smallest absolute Gasteiger partial charge is 0.126 e. The highest BCUT2D eigenvalue weighted by molar-refractivity contribution is 5.49. The molecule has 2 aliphatic rings. The Morgan fingerprint density at radius 3 is 2.90 bits per heavy atom. The van der Waals surface area contributed by atoms with E-state index in [1.165, 1.54) is 11.1 Å². The summed E-state index contributed by atoms with van der Waals surface area (Å²) in [6.07, 6.45) is 7.14. The lowest BCUT2D eigenvalue weighted by Crippen LogP contribution is -2.19. The van der Waals surface area contributed by atoms with Gasteiger partial charge in [0.1, 0.15) is 11.9 Å². The third kappa shape index (κ3) is 5.90. The minimum Gasteiger partial charge on any atom is -0.489 e. The molecule has 5 heteroatoms. The van der Waals surface area contributed by atoms with Gasteiger partial charge < -0.3 is 25.4 Å². The van der Waals surface area contributed by atoms with E-state index in [1.54, 1.807) is 0 Å². The Morgan fingerprint density at radius 1 is 1.29 bits per heavy atom. The molecule has 0 spiro atoms. The summed E-state index contributed by atoms with van der Waals surface area (Å²) in [5.41, 5.74) is 2.42. The van der Waals surface area contributed by atoms with Gasteiger partial charge in [0.05, 0.1) is 18.8 Å². The van der Waals surface area contributed by atoms with Gasteiger partial charge in [-0.1, -0.05) is 37.3 Å². The molecule has 0 aromatic heterocycles. The number of aliphatic hydroxyl groups is 3. The predicted molar refractivity (Wildman–Crippen MR) is 123 cm³/mol. The van der Waals surface area contributed by atoms with Crippen LogP contribution in [0.25, 0.3) is 0 Å². The first-order chi connectivity index (χ1) is 15.1. The van der Waals surface area contributed by atoms with E-state index in [0.717, 1.165) is 31.6 Å². The summed E-state index contributed by atoms with van der Waals surface area (Å²) in [4.78, 5) is 0. The lowest BCUT2D eigenvalue weighted by atomic mass is 9.86. The zero-order valence-corrected chi connectivity index (χ0v) is 18.8. The van der Waals surface area contributed by atoms with Gasteiger partial charge in [0.2, 0.25) is 0 Å². The third-order valence-electron chi connectivity index (χ3n) is 6.54. The minimum atomic E-state index is -0.570. The summed E-state index contributed by atoms with van der Waals surface area (Å²) >= 11 is 0.